The molecular weight excluding hydrogens is 332 g/mol. The Balaban J connectivity index is 0.000000505. The van der Waals surface area contributed by atoms with E-state index in [1.807, 2.05) is 6.07 Å². The maximum atomic E-state index is 8.74. The summed E-state index contributed by atoms with van der Waals surface area (Å²) in [7, 11) is -4.67. The highest BCUT2D eigenvalue weighted by Gasteiger charge is 2.13. The second-order valence-corrected chi connectivity index (χ2v) is 6.76. The van der Waals surface area contributed by atoms with Crippen LogP contribution in [-0.2, 0) is 28.1 Å². The largest absolute Gasteiger partial charge is 0.394 e. The van der Waals surface area contributed by atoms with Gasteiger partial charge in [0.2, 0.25) is 0 Å². The third kappa shape index (κ3) is 9.87. The number of unbranched alkanes of at least 4 members (excludes halogenated alkanes) is 6. The molecule has 0 aromatic heterocycles. The van der Waals surface area contributed by atoms with Crippen LogP contribution in [0.15, 0.2) is 18.2 Å². The SMILES string of the molecule is CCCCCCCCCc1c2cccc1OOCC2.O=S(=O)(O)O. The van der Waals surface area contributed by atoms with E-state index < -0.39 is 10.4 Å². The van der Waals surface area contributed by atoms with Crippen molar-refractivity contribution in [2.75, 3.05) is 6.61 Å². The monoisotopic (exact) mass is 360 g/mol. The van der Waals surface area contributed by atoms with Crippen LogP contribution in [0.2, 0.25) is 0 Å². The summed E-state index contributed by atoms with van der Waals surface area (Å²) in [6.45, 7) is 2.93. The fraction of sp³-hybridized carbons (Fsp3) is 0.647. The summed E-state index contributed by atoms with van der Waals surface area (Å²) in [4.78, 5) is 10.5. The molecule has 1 aromatic carbocycles. The van der Waals surface area contributed by atoms with E-state index >= 15 is 0 Å². The minimum Gasteiger partial charge on any atom is -0.337 e. The number of rotatable bonds is 8. The lowest BCUT2D eigenvalue weighted by Gasteiger charge is -2.09. The summed E-state index contributed by atoms with van der Waals surface area (Å²) in [5.74, 6) is 0.931. The molecule has 138 valence electrons. The molecule has 0 atom stereocenters. The lowest BCUT2D eigenvalue weighted by molar-refractivity contribution is -0.203. The maximum Gasteiger partial charge on any atom is 0.394 e. The highest BCUT2D eigenvalue weighted by atomic mass is 32.3. The zero-order valence-corrected chi connectivity index (χ0v) is 15.1. The molecule has 0 saturated heterocycles. The molecule has 1 heterocycles. The lowest BCUT2D eigenvalue weighted by Crippen LogP contribution is -1.96. The average Bonchev–Trinajstić information content (AvgIpc) is 2.60. The first-order valence-electron chi connectivity index (χ1n) is 8.52. The fourth-order valence-corrected chi connectivity index (χ4v) is 2.72. The summed E-state index contributed by atoms with van der Waals surface area (Å²) < 4.78 is 31.6. The standard InChI is InChI=1S/C17H26O2.H2O4S/c1-2-3-4-5-6-7-8-11-16-15-10-9-12-17(16)19-18-14-13-15;1-5(2,3)4/h9-10,12H,2-8,11,13-14H2,1H3;(H2,1,2,3,4). The van der Waals surface area contributed by atoms with Crippen molar-refractivity contribution in [3.8, 4) is 5.75 Å². The molecule has 2 rings (SSSR count). The molecule has 0 radical (unpaired) electrons. The van der Waals surface area contributed by atoms with E-state index in [2.05, 4.69) is 19.1 Å². The van der Waals surface area contributed by atoms with E-state index in [0.29, 0.717) is 6.61 Å². The van der Waals surface area contributed by atoms with Crippen LogP contribution in [0.4, 0.5) is 0 Å². The van der Waals surface area contributed by atoms with Crippen LogP contribution in [0.5, 0.6) is 5.75 Å². The Kier molecular flexibility index (Phi) is 9.94. The van der Waals surface area contributed by atoms with Gasteiger partial charge in [-0.25, -0.2) is 0 Å². The molecule has 0 amide bonds. The van der Waals surface area contributed by atoms with Crippen LogP contribution >= 0.6 is 0 Å². The molecule has 0 aliphatic carbocycles. The average molecular weight is 360 g/mol. The molecule has 24 heavy (non-hydrogen) atoms. The molecule has 1 aliphatic rings. The number of hydrogen-bond acceptors (Lipinski definition) is 4. The topological polar surface area (TPSA) is 93.1 Å². The second kappa shape index (κ2) is 11.4. The zero-order valence-electron chi connectivity index (χ0n) is 14.2. The molecule has 2 bridgehead atoms. The van der Waals surface area contributed by atoms with Crippen LogP contribution in [0, 0.1) is 0 Å². The molecule has 2 N–H and O–H groups in total. The van der Waals surface area contributed by atoms with Crippen LogP contribution in [0.3, 0.4) is 0 Å². The van der Waals surface area contributed by atoms with Crippen molar-refractivity contribution in [1.29, 1.82) is 0 Å². The van der Waals surface area contributed by atoms with Crippen molar-refractivity contribution in [3.63, 3.8) is 0 Å². The molecule has 6 nitrogen and oxygen atoms in total. The molecule has 0 unspecified atom stereocenters. The van der Waals surface area contributed by atoms with Crippen LogP contribution < -0.4 is 4.89 Å². The van der Waals surface area contributed by atoms with Gasteiger partial charge < -0.3 is 4.89 Å². The van der Waals surface area contributed by atoms with Crippen molar-refractivity contribution in [3.05, 3.63) is 29.3 Å². The molecular formula is C17H28O6S. The summed E-state index contributed by atoms with van der Waals surface area (Å²) in [5, 5.41) is 0. The predicted molar refractivity (Wildman–Crippen MR) is 92.6 cm³/mol. The second-order valence-electron chi connectivity index (χ2n) is 5.87. The van der Waals surface area contributed by atoms with Gasteiger partial charge >= 0.3 is 10.4 Å². The fourth-order valence-electron chi connectivity index (χ4n) is 2.72. The van der Waals surface area contributed by atoms with Crippen LogP contribution in [0.1, 0.15) is 63.0 Å². The minimum absolute atomic E-state index is 0.664. The summed E-state index contributed by atoms with van der Waals surface area (Å²) in [5.41, 5.74) is 2.77. The van der Waals surface area contributed by atoms with Gasteiger partial charge in [0.05, 0.1) is 6.61 Å². The summed E-state index contributed by atoms with van der Waals surface area (Å²) >= 11 is 0. The van der Waals surface area contributed by atoms with E-state index in [-0.39, 0.29) is 0 Å². The lowest BCUT2D eigenvalue weighted by atomic mass is 9.98. The van der Waals surface area contributed by atoms with Crippen molar-refractivity contribution >= 4 is 10.4 Å². The normalized spacial score (nSPS) is 13.5. The van der Waals surface area contributed by atoms with Crippen LogP contribution in [-0.4, -0.2) is 24.1 Å². The smallest absolute Gasteiger partial charge is 0.337 e. The quantitative estimate of drug-likeness (QED) is 0.410. The Morgan fingerprint density at radius 3 is 2.33 bits per heavy atom. The summed E-state index contributed by atoms with van der Waals surface area (Å²) in [6.07, 6.45) is 11.6. The predicted octanol–water partition coefficient (Wildman–Crippen LogP) is 4.19. The van der Waals surface area contributed by atoms with Gasteiger partial charge in [0.15, 0.2) is 5.75 Å². The first-order valence-corrected chi connectivity index (χ1v) is 9.91. The van der Waals surface area contributed by atoms with E-state index in [1.54, 1.807) is 0 Å². The minimum atomic E-state index is -4.67. The summed E-state index contributed by atoms with van der Waals surface area (Å²) in [6, 6.07) is 6.29. The van der Waals surface area contributed by atoms with Gasteiger partial charge in [0.1, 0.15) is 0 Å². The van der Waals surface area contributed by atoms with Crippen molar-refractivity contribution in [2.45, 2.75) is 64.7 Å². The van der Waals surface area contributed by atoms with Gasteiger partial charge in [-0.15, -0.1) is 0 Å². The number of fused-ring (bicyclic) bond motifs is 2. The molecule has 0 saturated carbocycles. The molecule has 1 aliphatic heterocycles. The Hall–Kier alpha value is -1.15. The number of hydrogen-bond donors (Lipinski definition) is 2. The Morgan fingerprint density at radius 2 is 1.67 bits per heavy atom. The van der Waals surface area contributed by atoms with Crippen LogP contribution in [0.25, 0.3) is 0 Å². The Labute approximate surface area is 144 Å². The van der Waals surface area contributed by atoms with E-state index in [1.165, 1.54) is 56.1 Å². The van der Waals surface area contributed by atoms with Gasteiger partial charge in [0, 0.05) is 12.0 Å². The van der Waals surface area contributed by atoms with Crippen molar-refractivity contribution in [2.24, 2.45) is 0 Å². The number of benzene rings is 1. The van der Waals surface area contributed by atoms with E-state index in [9.17, 15) is 0 Å². The zero-order chi connectivity index (χ0) is 17.8. The molecule has 0 fully saturated rings. The van der Waals surface area contributed by atoms with Gasteiger partial charge in [-0.1, -0.05) is 57.6 Å². The van der Waals surface area contributed by atoms with Gasteiger partial charge in [0.25, 0.3) is 0 Å². The van der Waals surface area contributed by atoms with Gasteiger partial charge in [-0.3, -0.25) is 9.11 Å². The first-order chi connectivity index (χ1) is 11.4. The van der Waals surface area contributed by atoms with Gasteiger partial charge in [-0.2, -0.15) is 13.3 Å². The third-order valence-corrected chi connectivity index (χ3v) is 3.86. The van der Waals surface area contributed by atoms with Crippen molar-refractivity contribution < 1.29 is 27.3 Å². The van der Waals surface area contributed by atoms with Crippen molar-refractivity contribution in [1.82, 2.24) is 0 Å². The highest BCUT2D eigenvalue weighted by molar-refractivity contribution is 7.79. The van der Waals surface area contributed by atoms with E-state index in [4.69, 9.17) is 27.3 Å². The first kappa shape index (κ1) is 20.9. The van der Waals surface area contributed by atoms with E-state index in [0.717, 1.165) is 18.6 Å². The third-order valence-electron chi connectivity index (χ3n) is 3.86. The Morgan fingerprint density at radius 1 is 1.04 bits per heavy atom. The molecule has 1 aromatic rings. The van der Waals surface area contributed by atoms with Gasteiger partial charge in [-0.05, 0) is 24.5 Å². The maximum absolute atomic E-state index is 8.74. The molecule has 7 heteroatoms. The Bertz CT molecular complexity index is 538. The highest BCUT2D eigenvalue weighted by Crippen LogP contribution is 2.27. The molecule has 0 spiro atoms.